The maximum absolute atomic E-state index is 11.8. The number of aromatic amines is 1. The van der Waals surface area contributed by atoms with Gasteiger partial charge in [-0.2, -0.15) is 9.78 Å². The molecule has 2 aliphatic rings. The molecule has 0 aliphatic carbocycles. The summed E-state index contributed by atoms with van der Waals surface area (Å²) in [7, 11) is 0. The number of aromatic nitrogens is 3. The molecular weight excluding hydrogens is 270 g/mol. The van der Waals surface area contributed by atoms with Crippen molar-refractivity contribution in [3.8, 4) is 0 Å². The molecule has 2 N–H and O–H groups in total. The van der Waals surface area contributed by atoms with Crippen molar-refractivity contribution in [2.24, 2.45) is 0 Å². The van der Waals surface area contributed by atoms with Crippen molar-refractivity contribution >= 4 is 0 Å². The Morgan fingerprint density at radius 2 is 2.10 bits per heavy atom. The first kappa shape index (κ1) is 13.4. The minimum atomic E-state index is -0.858. The Kier molecular flexibility index (Phi) is 3.01. The first-order chi connectivity index (χ1) is 9.41. The highest BCUT2D eigenvalue weighted by atomic mass is 16.8. The summed E-state index contributed by atoms with van der Waals surface area (Å²) < 4.78 is 17.9. The van der Waals surface area contributed by atoms with Crippen LogP contribution in [-0.2, 0) is 14.2 Å². The van der Waals surface area contributed by atoms with E-state index in [9.17, 15) is 14.7 Å². The van der Waals surface area contributed by atoms with Crippen LogP contribution in [0.1, 0.15) is 20.1 Å². The van der Waals surface area contributed by atoms with Gasteiger partial charge < -0.3 is 19.3 Å². The minimum Gasteiger partial charge on any atom is -0.394 e. The minimum absolute atomic E-state index is 0.269. The molecule has 0 radical (unpaired) electrons. The molecule has 0 saturated carbocycles. The molecule has 2 saturated heterocycles. The lowest BCUT2D eigenvalue weighted by molar-refractivity contribution is -0.202. The van der Waals surface area contributed by atoms with Gasteiger partial charge in [-0.15, -0.1) is 0 Å². The Labute approximate surface area is 113 Å². The average molecular weight is 285 g/mol. The van der Waals surface area contributed by atoms with Crippen molar-refractivity contribution in [1.29, 1.82) is 0 Å². The fraction of sp³-hybridized carbons (Fsp3) is 0.727. The van der Waals surface area contributed by atoms with E-state index in [1.54, 1.807) is 13.8 Å². The van der Waals surface area contributed by atoms with E-state index < -0.39 is 41.6 Å². The van der Waals surface area contributed by atoms with Crippen molar-refractivity contribution in [1.82, 2.24) is 14.8 Å². The summed E-state index contributed by atoms with van der Waals surface area (Å²) in [5.74, 6) is -0.837. The van der Waals surface area contributed by atoms with E-state index in [2.05, 4.69) is 10.1 Å². The molecule has 110 valence electrons. The van der Waals surface area contributed by atoms with Crippen LogP contribution in [0.15, 0.2) is 15.8 Å². The first-order valence-electron chi connectivity index (χ1n) is 6.21. The third-order valence-electron chi connectivity index (χ3n) is 3.28. The molecule has 2 fully saturated rings. The maximum atomic E-state index is 11.8. The average Bonchev–Trinajstić information content (AvgIpc) is 2.83. The number of hydrogen-bond acceptors (Lipinski definition) is 7. The van der Waals surface area contributed by atoms with Gasteiger partial charge in [-0.1, -0.05) is 0 Å². The van der Waals surface area contributed by atoms with Crippen LogP contribution in [0.25, 0.3) is 0 Å². The quantitative estimate of drug-likeness (QED) is 0.668. The van der Waals surface area contributed by atoms with Crippen LogP contribution in [0.5, 0.6) is 0 Å². The van der Waals surface area contributed by atoms with E-state index in [1.807, 2.05) is 0 Å². The lowest BCUT2D eigenvalue weighted by Crippen LogP contribution is -2.39. The van der Waals surface area contributed by atoms with E-state index in [-0.39, 0.29) is 6.61 Å². The van der Waals surface area contributed by atoms with Gasteiger partial charge in [0.1, 0.15) is 24.5 Å². The van der Waals surface area contributed by atoms with Crippen LogP contribution >= 0.6 is 0 Å². The molecule has 4 atom stereocenters. The standard InChI is InChI=1S/C11H15N3O6/c1-11(2)19-7-5(4-15)18-9(8(7)20-11)14-10(17)13-6(16)3-12-14/h3,5,7-9,15H,4H2,1-2H3,(H,13,16,17)/t5-,7+,8-,9-/m1/s1. The zero-order chi connectivity index (χ0) is 14.5. The van der Waals surface area contributed by atoms with Crippen molar-refractivity contribution < 1.29 is 19.3 Å². The van der Waals surface area contributed by atoms with Crippen LogP contribution in [0.2, 0.25) is 0 Å². The molecule has 0 amide bonds. The predicted octanol–water partition coefficient (Wildman–Crippen LogP) is -1.66. The Morgan fingerprint density at radius 3 is 2.75 bits per heavy atom. The van der Waals surface area contributed by atoms with Gasteiger partial charge in [-0.3, -0.25) is 9.78 Å². The van der Waals surface area contributed by atoms with Gasteiger partial charge in [0.15, 0.2) is 12.0 Å². The van der Waals surface area contributed by atoms with Gasteiger partial charge in [-0.25, -0.2) is 4.79 Å². The van der Waals surface area contributed by atoms with Crippen molar-refractivity contribution in [2.45, 2.75) is 44.2 Å². The van der Waals surface area contributed by atoms with Crippen LogP contribution < -0.4 is 11.2 Å². The number of nitrogens with one attached hydrogen (secondary N) is 1. The molecule has 0 aromatic carbocycles. The fourth-order valence-electron chi connectivity index (χ4n) is 2.55. The molecule has 0 spiro atoms. The normalized spacial score (nSPS) is 35.1. The zero-order valence-electron chi connectivity index (χ0n) is 11.0. The Morgan fingerprint density at radius 1 is 1.40 bits per heavy atom. The molecule has 0 bridgehead atoms. The molecule has 0 unspecified atom stereocenters. The summed E-state index contributed by atoms with van der Waals surface area (Å²) in [6.07, 6.45) is -1.58. The second kappa shape index (κ2) is 4.48. The van der Waals surface area contributed by atoms with Crippen molar-refractivity contribution in [3.05, 3.63) is 27.0 Å². The zero-order valence-corrected chi connectivity index (χ0v) is 11.0. The molecule has 1 aromatic rings. The maximum Gasteiger partial charge on any atom is 0.347 e. The second-order valence-electron chi connectivity index (χ2n) is 5.20. The van der Waals surface area contributed by atoms with E-state index >= 15 is 0 Å². The number of H-pyrrole nitrogens is 1. The molecular formula is C11H15N3O6. The Hall–Kier alpha value is -1.55. The third-order valence-corrected chi connectivity index (χ3v) is 3.28. The lowest BCUT2D eigenvalue weighted by atomic mass is 10.1. The van der Waals surface area contributed by atoms with Crippen molar-refractivity contribution in [2.75, 3.05) is 6.61 Å². The number of ether oxygens (including phenoxy) is 3. The highest BCUT2D eigenvalue weighted by Crippen LogP contribution is 2.41. The van der Waals surface area contributed by atoms with E-state index in [0.717, 1.165) is 10.9 Å². The third kappa shape index (κ3) is 2.08. The SMILES string of the molecule is CC1(C)O[C@@H]2[C@@H](O1)[C@@H](CO)O[C@H]2n1ncc(=O)[nH]c1=O. The van der Waals surface area contributed by atoms with Crippen molar-refractivity contribution in [3.63, 3.8) is 0 Å². The van der Waals surface area contributed by atoms with Crippen LogP contribution in [0.4, 0.5) is 0 Å². The molecule has 9 nitrogen and oxygen atoms in total. The molecule has 2 aliphatic heterocycles. The van der Waals surface area contributed by atoms with Crippen LogP contribution in [0.3, 0.4) is 0 Å². The van der Waals surface area contributed by atoms with E-state index in [0.29, 0.717) is 0 Å². The van der Waals surface area contributed by atoms with Crippen LogP contribution in [0, 0.1) is 0 Å². The van der Waals surface area contributed by atoms with Gasteiger partial charge in [0.2, 0.25) is 0 Å². The molecule has 3 rings (SSSR count). The number of rotatable bonds is 2. The van der Waals surface area contributed by atoms with Gasteiger partial charge in [0.25, 0.3) is 5.56 Å². The van der Waals surface area contributed by atoms with Crippen LogP contribution in [-0.4, -0.2) is 50.6 Å². The number of aliphatic hydroxyl groups excluding tert-OH is 1. The summed E-state index contributed by atoms with van der Waals surface area (Å²) in [6, 6.07) is 0. The van der Waals surface area contributed by atoms with Gasteiger partial charge in [0, 0.05) is 0 Å². The first-order valence-corrected chi connectivity index (χ1v) is 6.21. The summed E-state index contributed by atoms with van der Waals surface area (Å²) in [4.78, 5) is 24.9. The topological polar surface area (TPSA) is 116 Å². The largest absolute Gasteiger partial charge is 0.394 e. The number of nitrogens with zero attached hydrogens (tertiary/aromatic N) is 2. The summed E-state index contributed by atoms with van der Waals surface area (Å²) >= 11 is 0. The summed E-state index contributed by atoms with van der Waals surface area (Å²) in [5.41, 5.74) is -1.29. The highest BCUT2D eigenvalue weighted by Gasteiger charge is 2.56. The fourth-order valence-corrected chi connectivity index (χ4v) is 2.55. The van der Waals surface area contributed by atoms with E-state index in [4.69, 9.17) is 14.2 Å². The number of fused-ring (bicyclic) bond motifs is 1. The van der Waals surface area contributed by atoms with E-state index in [1.165, 1.54) is 0 Å². The second-order valence-corrected chi connectivity index (χ2v) is 5.20. The van der Waals surface area contributed by atoms with Gasteiger partial charge in [0.05, 0.1) is 6.61 Å². The number of aliphatic hydroxyl groups is 1. The molecule has 1 aromatic heterocycles. The monoisotopic (exact) mass is 285 g/mol. The Balaban J connectivity index is 1.98. The predicted molar refractivity (Wildman–Crippen MR) is 63.9 cm³/mol. The lowest BCUT2D eigenvalue weighted by Gasteiger charge is -2.23. The smallest absolute Gasteiger partial charge is 0.347 e. The molecule has 3 heterocycles. The molecule has 20 heavy (non-hydrogen) atoms. The van der Waals surface area contributed by atoms with Gasteiger partial charge in [-0.05, 0) is 13.8 Å². The molecule has 9 heteroatoms. The highest BCUT2D eigenvalue weighted by molar-refractivity contribution is 4.96. The Bertz CT molecular complexity index is 623. The summed E-state index contributed by atoms with van der Waals surface area (Å²) in [5, 5.41) is 13.1. The number of hydrogen-bond donors (Lipinski definition) is 2. The summed E-state index contributed by atoms with van der Waals surface area (Å²) in [6.45, 7) is 3.20. The van der Waals surface area contributed by atoms with Gasteiger partial charge >= 0.3 is 5.69 Å².